The van der Waals surface area contributed by atoms with Crippen molar-refractivity contribution >= 4 is 11.9 Å². The first-order valence-electron chi connectivity index (χ1n) is 7.76. The number of carboxylic acids is 1. The third kappa shape index (κ3) is 4.21. The number of amides is 1. The summed E-state index contributed by atoms with van der Waals surface area (Å²) in [5.74, 6) is -0.642. The molecule has 1 saturated heterocycles. The number of halogens is 1. The van der Waals surface area contributed by atoms with Gasteiger partial charge in [-0.1, -0.05) is 13.8 Å². The summed E-state index contributed by atoms with van der Waals surface area (Å²) in [7, 11) is 0. The van der Waals surface area contributed by atoms with E-state index in [2.05, 4.69) is 13.8 Å². The van der Waals surface area contributed by atoms with Crippen LogP contribution in [-0.4, -0.2) is 47.2 Å². The second kappa shape index (κ2) is 6.98. The van der Waals surface area contributed by atoms with E-state index in [1.165, 1.54) is 4.90 Å². The monoisotopic (exact) mass is 323 g/mol. The quantitative estimate of drug-likeness (QED) is 0.874. The maximum atomic E-state index is 14.0. The highest BCUT2D eigenvalue weighted by Gasteiger charge is 2.46. The first-order valence-corrected chi connectivity index (χ1v) is 7.76. The Morgan fingerprint density at radius 1 is 1.35 bits per heavy atom. The van der Waals surface area contributed by atoms with Crippen molar-refractivity contribution in [2.45, 2.75) is 32.4 Å². The summed E-state index contributed by atoms with van der Waals surface area (Å²) in [4.78, 5) is 24.4. The molecule has 126 valence electrons. The molecular formula is C17H22FNO4. The predicted molar refractivity (Wildman–Crippen MR) is 83.4 cm³/mol. The molecule has 0 bridgehead atoms. The van der Waals surface area contributed by atoms with Crippen LogP contribution < -0.4 is 4.74 Å². The van der Waals surface area contributed by atoms with Crippen molar-refractivity contribution in [1.82, 2.24) is 4.90 Å². The van der Waals surface area contributed by atoms with Crippen LogP contribution in [0.25, 0.3) is 0 Å². The third-order valence-electron chi connectivity index (χ3n) is 3.96. The molecule has 1 aliphatic heterocycles. The van der Waals surface area contributed by atoms with Crippen LogP contribution in [0.4, 0.5) is 4.39 Å². The lowest BCUT2D eigenvalue weighted by atomic mass is 10.1. The van der Waals surface area contributed by atoms with Gasteiger partial charge in [-0.05, 0) is 36.6 Å². The molecule has 23 heavy (non-hydrogen) atoms. The first kappa shape index (κ1) is 17.2. The van der Waals surface area contributed by atoms with Crippen LogP contribution in [-0.2, 0) is 4.79 Å². The summed E-state index contributed by atoms with van der Waals surface area (Å²) < 4.78 is 19.6. The van der Waals surface area contributed by atoms with Gasteiger partial charge in [0.1, 0.15) is 5.75 Å². The number of carbonyl (C=O) groups is 2. The highest BCUT2D eigenvalue weighted by atomic mass is 19.1. The van der Waals surface area contributed by atoms with Gasteiger partial charge in [0.05, 0.1) is 13.2 Å². The largest absolute Gasteiger partial charge is 0.494 e. The van der Waals surface area contributed by atoms with Gasteiger partial charge in [0, 0.05) is 18.5 Å². The molecule has 0 radical (unpaired) electrons. The minimum absolute atomic E-state index is 0.105. The maximum absolute atomic E-state index is 14.0. The predicted octanol–water partition coefficient (Wildman–Crippen LogP) is 2.75. The van der Waals surface area contributed by atoms with E-state index in [1.54, 1.807) is 24.3 Å². The Labute approximate surface area is 135 Å². The van der Waals surface area contributed by atoms with E-state index < -0.39 is 18.2 Å². The number of ether oxygens (including phenoxy) is 1. The topological polar surface area (TPSA) is 66.8 Å². The number of benzene rings is 1. The van der Waals surface area contributed by atoms with Gasteiger partial charge in [-0.15, -0.1) is 0 Å². The molecule has 0 aromatic heterocycles. The molecule has 1 fully saturated rings. The van der Waals surface area contributed by atoms with Gasteiger partial charge >= 0.3 is 5.97 Å². The highest BCUT2D eigenvalue weighted by molar-refractivity contribution is 5.95. The summed E-state index contributed by atoms with van der Waals surface area (Å²) in [5.41, 5.74) is -1.94. The number of carbonyl (C=O) groups excluding carboxylic acids is 1. The van der Waals surface area contributed by atoms with Crippen LogP contribution >= 0.6 is 0 Å². The number of hydrogen-bond donors (Lipinski definition) is 1. The highest BCUT2D eigenvalue weighted by Crippen LogP contribution is 2.27. The zero-order valence-corrected chi connectivity index (χ0v) is 13.4. The minimum atomic E-state index is -2.34. The maximum Gasteiger partial charge on any atom is 0.343 e. The standard InChI is InChI=1S/C17H22FNO4/c1-12(2)7-10-23-14-5-3-13(4-6-14)15(20)19-9-8-17(18,11-19)16(21)22/h3-6,12H,7-11H2,1-2H3,(H,21,22). The van der Waals surface area contributed by atoms with Crippen LogP contribution in [0, 0.1) is 5.92 Å². The molecule has 1 aromatic carbocycles. The minimum Gasteiger partial charge on any atom is -0.494 e. The van der Waals surface area contributed by atoms with Gasteiger partial charge < -0.3 is 14.7 Å². The van der Waals surface area contributed by atoms with Crippen LogP contribution in [0.5, 0.6) is 5.75 Å². The molecule has 0 aliphatic carbocycles. The Morgan fingerprint density at radius 2 is 2.00 bits per heavy atom. The molecule has 6 heteroatoms. The Kier molecular flexibility index (Phi) is 5.23. The van der Waals surface area contributed by atoms with E-state index in [1.807, 2.05) is 0 Å². The Bertz CT molecular complexity index is 572. The second-order valence-corrected chi connectivity index (χ2v) is 6.30. The Balaban J connectivity index is 1.94. The second-order valence-electron chi connectivity index (χ2n) is 6.30. The van der Waals surface area contributed by atoms with Crippen molar-refractivity contribution in [1.29, 1.82) is 0 Å². The van der Waals surface area contributed by atoms with Crippen LogP contribution in [0.1, 0.15) is 37.0 Å². The van der Waals surface area contributed by atoms with Crippen LogP contribution in [0.2, 0.25) is 0 Å². The number of aliphatic carboxylic acids is 1. The van der Waals surface area contributed by atoms with Crippen LogP contribution in [0.15, 0.2) is 24.3 Å². The molecular weight excluding hydrogens is 301 g/mol. The first-order chi connectivity index (χ1) is 10.8. The molecule has 1 aliphatic rings. The molecule has 5 nitrogen and oxygen atoms in total. The van der Waals surface area contributed by atoms with Gasteiger partial charge in [-0.2, -0.15) is 0 Å². The number of rotatable bonds is 6. The van der Waals surface area contributed by atoms with Crippen molar-refractivity contribution in [2.24, 2.45) is 5.92 Å². The summed E-state index contributed by atoms with van der Waals surface area (Å²) >= 11 is 0. The third-order valence-corrected chi connectivity index (χ3v) is 3.96. The van der Waals surface area contributed by atoms with E-state index in [0.29, 0.717) is 23.8 Å². The average Bonchev–Trinajstić information content (AvgIpc) is 2.91. The molecule has 2 rings (SSSR count). The van der Waals surface area contributed by atoms with E-state index in [9.17, 15) is 14.0 Å². The van der Waals surface area contributed by atoms with Gasteiger partial charge in [0.2, 0.25) is 5.67 Å². The normalized spacial score (nSPS) is 20.8. The fourth-order valence-electron chi connectivity index (χ4n) is 2.41. The summed E-state index contributed by atoms with van der Waals surface area (Å²) in [5, 5.41) is 8.87. The molecule has 1 heterocycles. The van der Waals surface area contributed by atoms with Gasteiger partial charge in [0.25, 0.3) is 5.91 Å². The van der Waals surface area contributed by atoms with Crippen molar-refractivity contribution in [3.63, 3.8) is 0 Å². The lowest BCUT2D eigenvalue weighted by molar-refractivity contribution is -0.149. The van der Waals surface area contributed by atoms with E-state index in [4.69, 9.17) is 9.84 Å². The zero-order chi connectivity index (χ0) is 17.0. The van der Waals surface area contributed by atoms with Crippen molar-refractivity contribution in [2.75, 3.05) is 19.7 Å². The number of carboxylic acid groups (broad SMARTS) is 1. The van der Waals surface area contributed by atoms with Crippen LogP contribution in [0.3, 0.4) is 0 Å². The molecule has 1 N–H and O–H groups in total. The fraction of sp³-hybridized carbons (Fsp3) is 0.529. The fourth-order valence-corrected chi connectivity index (χ4v) is 2.41. The van der Waals surface area contributed by atoms with Crippen molar-refractivity contribution in [3.8, 4) is 5.75 Å². The zero-order valence-electron chi connectivity index (χ0n) is 13.4. The molecule has 1 unspecified atom stereocenters. The van der Waals surface area contributed by atoms with E-state index >= 15 is 0 Å². The summed E-state index contributed by atoms with van der Waals surface area (Å²) in [6, 6.07) is 6.63. The lowest BCUT2D eigenvalue weighted by Crippen LogP contribution is -2.38. The van der Waals surface area contributed by atoms with Crippen molar-refractivity contribution in [3.05, 3.63) is 29.8 Å². The number of likely N-dealkylation sites (tertiary alicyclic amines) is 1. The molecule has 0 spiro atoms. The number of alkyl halides is 1. The smallest absolute Gasteiger partial charge is 0.343 e. The number of nitrogens with zero attached hydrogens (tertiary/aromatic N) is 1. The average molecular weight is 323 g/mol. The molecule has 1 aromatic rings. The van der Waals surface area contributed by atoms with E-state index in [-0.39, 0.29) is 18.9 Å². The Morgan fingerprint density at radius 3 is 2.52 bits per heavy atom. The molecule has 0 saturated carbocycles. The SMILES string of the molecule is CC(C)CCOc1ccc(C(=O)N2CCC(F)(C(=O)O)C2)cc1. The van der Waals surface area contributed by atoms with Gasteiger partial charge in [0.15, 0.2) is 0 Å². The Hall–Kier alpha value is -2.11. The van der Waals surface area contributed by atoms with Crippen molar-refractivity contribution < 1.29 is 23.8 Å². The molecule has 1 atom stereocenters. The van der Waals surface area contributed by atoms with E-state index in [0.717, 1.165) is 6.42 Å². The van der Waals surface area contributed by atoms with Gasteiger partial charge in [-0.3, -0.25) is 4.79 Å². The summed E-state index contributed by atoms with van der Waals surface area (Å²) in [6.45, 7) is 4.54. The summed E-state index contributed by atoms with van der Waals surface area (Å²) in [6.07, 6.45) is 0.771. The number of hydrogen-bond acceptors (Lipinski definition) is 3. The van der Waals surface area contributed by atoms with Gasteiger partial charge in [-0.25, -0.2) is 9.18 Å². The lowest BCUT2D eigenvalue weighted by Gasteiger charge is -2.18. The molecule has 1 amide bonds.